The molecule has 0 saturated carbocycles. The van der Waals surface area contributed by atoms with E-state index in [1.807, 2.05) is 30.3 Å². The van der Waals surface area contributed by atoms with Crippen molar-refractivity contribution in [3.8, 4) is 0 Å². The van der Waals surface area contributed by atoms with Crippen LogP contribution in [0.3, 0.4) is 0 Å². The molecule has 0 aliphatic rings. The van der Waals surface area contributed by atoms with Gasteiger partial charge in [-0.25, -0.2) is 4.79 Å². The summed E-state index contributed by atoms with van der Waals surface area (Å²) in [6, 6.07) is 9.19. The summed E-state index contributed by atoms with van der Waals surface area (Å²) in [5.74, 6) is -0.261. The van der Waals surface area contributed by atoms with Gasteiger partial charge in [-0.1, -0.05) is 12.1 Å². The number of nitrogens with zero attached hydrogens (tertiary/aromatic N) is 1. The van der Waals surface area contributed by atoms with Crippen LogP contribution in [-0.4, -0.2) is 24.6 Å². The second-order valence-corrected chi connectivity index (χ2v) is 3.93. The zero-order valence-electron chi connectivity index (χ0n) is 10.5. The van der Waals surface area contributed by atoms with Crippen molar-refractivity contribution in [3.05, 3.63) is 42.1 Å². The molecule has 4 heteroatoms. The summed E-state index contributed by atoms with van der Waals surface area (Å²) in [5.41, 5.74) is 1.80. The molecular formula is C14H16N2O2. The molecular weight excluding hydrogens is 228 g/mol. The van der Waals surface area contributed by atoms with E-state index in [9.17, 15) is 4.79 Å². The number of likely N-dealkylation sites (N-methyl/N-ethyl adjacent to an activating group) is 1. The monoisotopic (exact) mass is 244 g/mol. The Morgan fingerprint density at radius 3 is 3.00 bits per heavy atom. The molecule has 0 bridgehead atoms. The van der Waals surface area contributed by atoms with Crippen LogP contribution in [0.4, 0.5) is 0 Å². The molecule has 0 aliphatic carbocycles. The Kier molecular flexibility index (Phi) is 3.89. The number of pyridine rings is 1. The van der Waals surface area contributed by atoms with Crippen molar-refractivity contribution in [2.45, 2.75) is 13.0 Å². The van der Waals surface area contributed by atoms with Gasteiger partial charge in [0.05, 0.1) is 12.1 Å². The topological polar surface area (TPSA) is 51.2 Å². The summed E-state index contributed by atoms with van der Waals surface area (Å²) in [7, 11) is 1.75. The molecule has 0 amide bonds. The number of nitrogens with one attached hydrogen (secondary N) is 1. The summed E-state index contributed by atoms with van der Waals surface area (Å²) >= 11 is 0. The number of aromatic nitrogens is 1. The molecule has 1 N–H and O–H groups in total. The van der Waals surface area contributed by atoms with Crippen LogP contribution in [0, 0.1) is 0 Å². The summed E-state index contributed by atoms with van der Waals surface area (Å²) in [6.45, 7) is 2.18. The standard InChI is InChI=1S/C14H16N2O2/c1-3-18-14(17)13(15-2)11-6-7-12-10(9-11)5-4-8-16-12/h4-9,13,15H,3H2,1-2H3. The number of rotatable bonds is 4. The fourth-order valence-electron chi connectivity index (χ4n) is 1.92. The van der Waals surface area contributed by atoms with E-state index in [1.54, 1.807) is 20.2 Å². The van der Waals surface area contributed by atoms with Gasteiger partial charge in [0.1, 0.15) is 6.04 Å². The number of hydrogen-bond acceptors (Lipinski definition) is 4. The molecule has 1 unspecified atom stereocenters. The fourth-order valence-corrected chi connectivity index (χ4v) is 1.92. The molecule has 2 rings (SSSR count). The minimum atomic E-state index is -0.436. The van der Waals surface area contributed by atoms with E-state index >= 15 is 0 Å². The van der Waals surface area contributed by atoms with Gasteiger partial charge in [0.25, 0.3) is 0 Å². The molecule has 0 radical (unpaired) electrons. The van der Waals surface area contributed by atoms with Gasteiger partial charge >= 0.3 is 5.97 Å². The molecule has 0 fully saturated rings. The molecule has 1 atom stereocenters. The number of fused-ring (bicyclic) bond motifs is 1. The molecule has 1 aromatic carbocycles. The van der Waals surface area contributed by atoms with Crippen LogP contribution < -0.4 is 5.32 Å². The minimum Gasteiger partial charge on any atom is -0.465 e. The fraction of sp³-hybridized carbons (Fsp3) is 0.286. The van der Waals surface area contributed by atoms with Crippen LogP contribution in [0.25, 0.3) is 10.9 Å². The number of carbonyl (C=O) groups excluding carboxylic acids is 1. The average molecular weight is 244 g/mol. The summed E-state index contributed by atoms with van der Waals surface area (Å²) in [5, 5.41) is 3.99. The second kappa shape index (κ2) is 5.60. The first kappa shape index (κ1) is 12.5. The number of carbonyl (C=O) groups is 1. The normalized spacial score (nSPS) is 12.3. The maximum absolute atomic E-state index is 11.8. The first-order valence-corrected chi connectivity index (χ1v) is 5.95. The second-order valence-electron chi connectivity index (χ2n) is 3.93. The zero-order chi connectivity index (χ0) is 13.0. The average Bonchev–Trinajstić information content (AvgIpc) is 2.40. The van der Waals surface area contributed by atoms with Crippen LogP contribution in [0.2, 0.25) is 0 Å². The third-order valence-corrected chi connectivity index (χ3v) is 2.77. The van der Waals surface area contributed by atoms with Crippen molar-refractivity contribution in [1.82, 2.24) is 10.3 Å². The van der Waals surface area contributed by atoms with Gasteiger partial charge in [-0.15, -0.1) is 0 Å². The van der Waals surface area contributed by atoms with Gasteiger partial charge in [-0.2, -0.15) is 0 Å². The Balaban J connectivity index is 2.36. The predicted octanol–water partition coefficient (Wildman–Crippen LogP) is 2.06. The Morgan fingerprint density at radius 2 is 2.28 bits per heavy atom. The molecule has 2 aromatic rings. The van der Waals surface area contributed by atoms with Gasteiger partial charge in [-0.3, -0.25) is 4.98 Å². The molecule has 94 valence electrons. The van der Waals surface area contributed by atoms with E-state index in [0.717, 1.165) is 16.5 Å². The van der Waals surface area contributed by atoms with Crippen LogP contribution in [0.15, 0.2) is 36.5 Å². The highest BCUT2D eigenvalue weighted by Crippen LogP contribution is 2.19. The lowest BCUT2D eigenvalue weighted by molar-refractivity contribution is -0.145. The van der Waals surface area contributed by atoms with Gasteiger partial charge in [-0.05, 0) is 37.7 Å². The van der Waals surface area contributed by atoms with Gasteiger partial charge in [0, 0.05) is 11.6 Å². The first-order valence-electron chi connectivity index (χ1n) is 5.95. The number of ether oxygens (including phenoxy) is 1. The lowest BCUT2D eigenvalue weighted by Crippen LogP contribution is -2.27. The Labute approximate surface area is 106 Å². The van der Waals surface area contributed by atoms with Gasteiger partial charge in [0.2, 0.25) is 0 Å². The van der Waals surface area contributed by atoms with Crippen LogP contribution in [0.5, 0.6) is 0 Å². The van der Waals surface area contributed by atoms with Gasteiger partial charge < -0.3 is 10.1 Å². The third-order valence-electron chi connectivity index (χ3n) is 2.77. The highest BCUT2D eigenvalue weighted by molar-refractivity contribution is 5.83. The van der Waals surface area contributed by atoms with E-state index in [2.05, 4.69) is 10.3 Å². The van der Waals surface area contributed by atoms with Gasteiger partial charge in [0.15, 0.2) is 0 Å². The van der Waals surface area contributed by atoms with E-state index in [1.165, 1.54) is 0 Å². The molecule has 0 spiro atoms. The van der Waals surface area contributed by atoms with Crippen molar-refractivity contribution in [2.75, 3.05) is 13.7 Å². The van der Waals surface area contributed by atoms with Crippen molar-refractivity contribution in [3.63, 3.8) is 0 Å². The Bertz CT molecular complexity index is 554. The molecule has 1 aromatic heterocycles. The maximum Gasteiger partial charge on any atom is 0.327 e. The highest BCUT2D eigenvalue weighted by atomic mass is 16.5. The summed E-state index contributed by atoms with van der Waals surface area (Å²) in [4.78, 5) is 16.1. The summed E-state index contributed by atoms with van der Waals surface area (Å²) < 4.78 is 5.04. The van der Waals surface area contributed by atoms with E-state index in [-0.39, 0.29) is 5.97 Å². The highest BCUT2D eigenvalue weighted by Gasteiger charge is 2.19. The van der Waals surface area contributed by atoms with Crippen LogP contribution in [-0.2, 0) is 9.53 Å². The lowest BCUT2D eigenvalue weighted by atomic mass is 10.0. The molecule has 4 nitrogen and oxygen atoms in total. The lowest BCUT2D eigenvalue weighted by Gasteiger charge is -2.15. The van der Waals surface area contributed by atoms with Crippen molar-refractivity contribution >= 4 is 16.9 Å². The number of hydrogen-bond donors (Lipinski definition) is 1. The minimum absolute atomic E-state index is 0.261. The van der Waals surface area contributed by atoms with E-state index in [0.29, 0.717) is 6.61 Å². The quantitative estimate of drug-likeness (QED) is 0.836. The Hall–Kier alpha value is -1.94. The smallest absolute Gasteiger partial charge is 0.327 e. The SMILES string of the molecule is CCOC(=O)C(NC)c1ccc2ncccc2c1. The number of esters is 1. The van der Waals surface area contributed by atoms with Crippen molar-refractivity contribution < 1.29 is 9.53 Å². The largest absolute Gasteiger partial charge is 0.465 e. The Morgan fingerprint density at radius 1 is 1.44 bits per heavy atom. The van der Waals surface area contributed by atoms with E-state index in [4.69, 9.17) is 4.74 Å². The van der Waals surface area contributed by atoms with Crippen molar-refractivity contribution in [2.24, 2.45) is 0 Å². The summed E-state index contributed by atoms with van der Waals surface area (Å²) in [6.07, 6.45) is 1.75. The first-order chi connectivity index (χ1) is 8.76. The maximum atomic E-state index is 11.8. The predicted molar refractivity (Wildman–Crippen MR) is 70.2 cm³/mol. The van der Waals surface area contributed by atoms with Crippen LogP contribution in [0.1, 0.15) is 18.5 Å². The molecule has 1 heterocycles. The molecule has 0 aliphatic heterocycles. The zero-order valence-corrected chi connectivity index (χ0v) is 10.5. The number of benzene rings is 1. The third kappa shape index (κ3) is 2.49. The molecule has 0 saturated heterocycles. The van der Waals surface area contributed by atoms with E-state index < -0.39 is 6.04 Å². The molecule has 18 heavy (non-hydrogen) atoms. The van der Waals surface area contributed by atoms with Crippen LogP contribution >= 0.6 is 0 Å². The van der Waals surface area contributed by atoms with Crippen molar-refractivity contribution in [1.29, 1.82) is 0 Å².